The molecule has 2 fully saturated rings. The molecule has 20 heteroatoms. The Morgan fingerprint density at radius 3 is 2.74 bits per heavy atom. The van der Waals surface area contributed by atoms with E-state index in [0.29, 0.717) is 5.82 Å². The Morgan fingerprint density at radius 2 is 1.95 bits per heavy atom. The smallest absolute Gasteiger partial charge is 0.319 e. The van der Waals surface area contributed by atoms with Gasteiger partial charge in [0.2, 0.25) is 5.95 Å². The second-order valence-corrected chi connectivity index (χ2v) is 12.2. The molecule has 1 aliphatic heterocycles. The van der Waals surface area contributed by atoms with E-state index < -0.39 is 46.6 Å². The average Bonchev–Trinajstić information content (AvgIpc) is 3.75. The monoisotopic (exact) mass is 639 g/mol. The van der Waals surface area contributed by atoms with E-state index in [2.05, 4.69) is 29.5 Å². The Balaban J connectivity index is 1.15. The normalized spacial score (nSPS) is 27.3. The number of nitrogen functional groups attached to an aromatic ring is 2. The third-order valence-corrected chi connectivity index (χ3v) is 9.05. The minimum Gasteiger partial charge on any atom is -0.383 e. The zero-order chi connectivity index (χ0) is 30.2. The highest BCUT2D eigenvalue weighted by atomic mass is 31.1. The number of nitrogens with two attached hydrogens (primary N) is 2. The van der Waals surface area contributed by atoms with Crippen LogP contribution in [0.3, 0.4) is 0 Å². The second-order valence-electron chi connectivity index (χ2n) is 10.3. The molecule has 1 saturated carbocycles. The summed E-state index contributed by atoms with van der Waals surface area (Å²) in [5.41, 5.74) is 12.0. The molecule has 0 aromatic carbocycles. The predicted molar refractivity (Wildman–Crippen MR) is 153 cm³/mol. The van der Waals surface area contributed by atoms with E-state index in [1.54, 1.807) is 0 Å². The molecule has 2 aliphatic rings. The van der Waals surface area contributed by atoms with E-state index in [1.165, 1.54) is 24.3 Å². The van der Waals surface area contributed by atoms with E-state index in [4.69, 9.17) is 34.5 Å². The number of hydrogen-bond donors (Lipinski definition) is 4. The van der Waals surface area contributed by atoms with Crippen molar-refractivity contribution in [1.29, 1.82) is 0 Å². The van der Waals surface area contributed by atoms with Crippen LogP contribution in [0.2, 0.25) is 0 Å². The van der Waals surface area contributed by atoms with Gasteiger partial charge in [-0.1, -0.05) is 0 Å². The van der Waals surface area contributed by atoms with Gasteiger partial charge in [0, 0.05) is 19.3 Å². The van der Waals surface area contributed by atoms with Crippen molar-refractivity contribution in [2.24, 2.45) is 5.92 Å². The first-order chi connectivity index (χ1) is 20.7. The van der Waals surface area contributed by atoms with Crippen LogP contribution in [-0.2, 0) is 32.2 Å². The number of hydrogen-bond acceptors (Lipinski definition) is 14. The van der Waals surface area contributed by atoms with Gasteiger partial charge in [0.25, 0.3) is 5.56 Å². The predicted octanol–water partition coefficient (Wildman–Crippen LogP) is 1.17. The van der Waals surface area contributed by atoms with E-state index in [1.807, 2.05) is 12.3 Å². The molecule has 43 heavy (non-hydrogen) atoms. The van der Waals surface area contributed by atoms with Crippen LogP contribution in [0.5, 0.6) is 0 Å². The van der Waals surface area contributed by atoms with Crippen molar-refractivity contribution in [2.45, 2.75) is 49.8 Å². The molecular weight excluding hydrogens is 608 g/mol. The Labute approximate surface area is 244 Å². The van der Waals surface area contributed by atoms with Crippen LogP contribution in [0.25, 0.3) is 22.2 Å². The minimum absolute atomic E-state index is 0.00468. The fraction of sp³-hybridized carbons (Fsp3) is 0.522. The molecule has 8 atom stereocenters. The number of anilines is 2. The summed E-state index contributed by atoms with van der Waals surface area (Å²) in [6.07, 6.45) is 3.28. The SMILES string of the molecule is CO[C@H]1[C@@H](O[PH](=O)OC[C@@H]2CC[C@H](n3ccc4c(N)ncnc43)C2)[C@H](n2cnc3c(=O)[nH]c(N)nc32)O[C@@H]1CO[PH](=O)O. The summed E-state index contributed by atoms with van der Waals surface area (Å²) in [4.78, 5) is 40.6. The molecule has 6 rings (SSSR count). The third kappa shape index (κ3) is 5.97. The first kappa shape index (κ1) is 29.8. The molecule has 1 aliphatic carbocycles. The first-order valence-corrected chi connectivity index (χ1v) is 15.9. The first-order valence-electron chi connectivity index (χ1n) is 13.4. The number of imidazole rings is 1. The Kier molecular flexibility index (Phi) is 8.62. The van der Waals surface area contributed by atoms with Gasteiger partial charge in [-0.2, -0.15) is 4.98 Å². The lowest BCUT2D eigenvalue weighted by atomic mass is 10.1. The average molecular weight is 640 g/mol. The largest absolute Gasteiger partial charge is 0.383 e. The van der Waals surface area contributed by atoms with Crippen molar-refractivity contribution in [3.8, 4) is 0 Å². The zero-order valence-corrected chi connectivity index (χ0v) is 24.9. The van der Waals surface area contributed by atoms with Gasteiger partial charge < -0.3 is 39.4 Å². The van der Waals surface area contributed by atoms with Crippen LogP contribution in [0.1, 0.15) is 31.5 Å². The van der Waals surface area contributed by atoms with Crippen LogP contribution < -0.4 is 17.0 Å². The molecule has 0 radical (unpaired) electrons. The van der Waals surface area contributed by atoms with Gasteiger partial charge in [-0.3, -0.25) is 28.0 Å². The Bertz CT molecular complexity index is 1730. The summed E-state index contributed by atoms with van der Waals surface area (Å²) in [6, 6.07) is 2.07. The molecule has 232 valence electrons. The number of methoxy groups -OCH3 is 1. The quantitative estimate of drug-likeness (QED) is 0.168. The maximum atomic E-state index is 13.2. The van der Waals surface area contributed by atoms with E-state index in [9.17, 15) is 18.8 Å². The lowest BCUT2D eigenvalue weighted by molar-refractivity contribution is -0.0486. The highest BCUT2D eigenvalue weighted by molar-refractivity contribution is 7.33. The second kappa shape index (κ2) is 12.4. The molecular formula is C23H31N9O9P2. The molecule has 5 heterocycles. The number of H-pyrrole nitrogens is 1. The fourth-order valence-corrected chi connectivity index (χ4v) is 7.05. The molecule has 6 N–H and O–H groups in total. The van der Waals surface area contributed by atoms with Gasteiger partial charge in [0.1, 0.15) is 36.1 Å². The summed E-state index contributed by atoms with van der Waals surface area (Å²) < 4.78 is 56.0. The van der Waals surface area contributed by atoms with Gasteiger partial charge in [-0.05, 0) is 31.2 Å². The third-order valence-electron chi connectivity index (χ3n) is 7.77. The van der Waals surface area contributed by atoms with Crippen molar-refractivity contribution < 1.29 is 37.1 Å². The maximum absolute atomic E-state index is 13.2. The van der Waals surface area contributed by atoms with E-state index in [-0.39, 0.29) is 42.3 Å². The Morgan fingerprint density at radius 1 is 1.12 bits per heavy atom. The molecule has 4 aromatic heterocycles. The van der Waals surface area contributed by atoms with Crippen molar-refractivity contribution >= 4 is 50.5 Å². The van der Waals surface area contributed by atoms with Crippen molar-refractivity contribution in [3.63, 3.8) is 0 Å². The van der Waals surface area contributed by atoms with Crippen molar-refractivity contribution in [1.82, 2.24) is 34.1 Å². The summed E-state index contributed by atoms with van der Waals surface area (Å²) in [5, 5.41) is 0.796. The number of rotatable bonds is 11. The molecule has 1 saturated heterocycles. The molecule has 2 unspecified atom stereocenters. The number of nitrogens with one attached hydrogen (secondary N) is 1. The molecule has 0 spiro atoms. The number of aromatic nitrogens is 7. The maximum Gasteiger partial charge on any atom is 0.319 e. The molecule has 0 amide bonds. The molecule has 0 bridgehead atoms. The van der Waals surface area contributed by atoms with Crippen molar-refractivity contribution in [2.75, 3.05) is 31.8 Å². The van der Waals surface area contributed by atoms with Crippen molar-refractivity contribution in [3.05, 3.63) is 35.3 Å². The van der Waals surface area contributed by atoms with Gasteiger partial charge in [0.15, 0.2) is 17.4 Å². The Hall–Kier alpha value is -3.21. The minimum atomic E-state index is -3.28. The van der Waals surface area contributed by atoms with Crippen LogP contribution in [-0.4, -0.2) is 77.6 Å². The topological polar surface area (TPSA) is 247 Å². The van der Waals surface area contributed by atoms with Gasteiger partial charge in [-0.25, -0.2) is 15.0 Å². The van der Waals surface area contributed by atoms with Crippen LogP contribution in [0, 0.1) is 5.92 Å². The lowest BCUT2D eigenvalue weighted by Crippen LogP contribution is -2.36. The number of ether oxygens (including phenoxy) is 2. The highest BCUT2D eigenvalue weighted by Crippen LogP contribution is 2.43. The standard InChI is InChI=1S/C23H31N9O9P2/c1-37-16-14(8-38-42(34)35)40-22(32-10-28-15-20(32)29-23(25)30-21(15)33)17(16)41-43(36)39-7-11-2-3-12(6-11)31-5-4-13-18(24)26-9-27-19(13)31/h4-5,9-12,14,16-17,22,42-43H,2-3,6-8H2,1H3,(H,34,35)(H2,24,26,27)(H3,25,29,30,33)/t11-,12+,14-,16-,17-,22-/m1/s1. The number of fused-ring (bicyclic) bond motifs is 2. The number of aromatic amines is 1. The van der Waals surface area contributed by atoms with Gasteiger partial charge >= 0.3 is 16.5 Å². The molecule has 18 nitrogen and oxygen atoms in total. The van der Waals surface area contributed by atoms with Gasteiger partial charge in [-0.15, -0.1) is 0 Å². The summed E-state index contributed by atoms with van der Waals surface area (Å²) in [5.74, 6) is 0.399. The number of nitrogens with zero attached hydrogens (tertiary/aromatic N) is 6. The van der Waals surface area contributed by atoms with E-state index in [0.717, 1.165) is 30.3 Å². The van der Waals surface area contributed by atoms with Crippen LogP contribution in [0.4, 0.5) is 11.8 Å². The van der Waals surface area contributed by atoms with Gasteiger partial charge in [0.05, 0.1) is 24.9 Å². The highest BCUT2D eigenvalue weighted by Gasteiger charge is 2.49. The van der Waals surface area contributed by atoms with Crippen LogP contribution >= 0.6 is 16.5 Å². The zero-order valence-electron chi connectivity index (χ0n) is 22.9. The fourth-order valence-electron chi connectivity index (χ4n) is 5.83. The summed E-state index contributed by atoms with van der Waals surface area (Å²) in [6.45, 7) is -0.122. The van der Waals surface area contributed by atoms with Crippen LogP contribution in [0.15, 0.2) is 29.7 Å². The molecule has 4 aromatic rings. The summed E-state index contributed by atoms with van der Waals surface area (Å²) >= 11 is 0. The lowest BCUT2D eigenvalue weighted by Gasteiger charge is -2.23. The van der Waals surface area contributed by atoms with E-state index >= 15 is 0 Å². The summed E-state index contributed by atoms with van der Waals surface area (Å²) in [7, 11) is -5.00.